The Morgan fingerprint density at radius 1 is 1.11 bits per heavy atom. The summed E-state index contributed by atoms with van der Waals surface area (Å²) in [7, 11) is 0. The Morgan fingerprint density at radius 2 is 1.74 bits per heavy atom. The molecule has 0 amide bonds. The van der Waals surface area contributed by atoms with Gasteiger partial charge in [-0.05, 0) is 17.5 Å². The van der Waals surface area contributed by atoms with Crippen molar-refractivity contribution < 1.29 is 9.90 Å². The van der Waals surface area contributed by atoms with Gasteiger partial charge in [0.05, 0.1) is 0 Å². The summed E-state index contributed by atoms with van der Waals surface area (Å²) in [4.78, 5) is 12.1. The maximum absolute atomic E-state index is 12.1. The number of benzene rings is 2. The highest BCUT2D eigenvalue weighted by atomic mass is 16.3. The van der Waals surface area contributed by atoms with Gasteiger partial charge in [-0.3, -0.25) is 4.79 Å². The van der Waals surface area contributed by atoms with Crippen molar-refractivity contribution in [2.24, 2.45) is 0 Å². The maximum Gasteiger partial charge on any atom is 0.195 e. The van der Waals surface area contributed by atoms with Crippen LogP contribution in [0.1, 0.15) is 27.6 Å². The van der Waals surface area contributed by atoms with Crippen molar-refractivity contribution in [3.63, 3.8) is 0 Å². The lowest BCUT2D eigenvalue weighted by Crippen LogP contribution is -2.12. The van der Waals surface area contributed by atoms with Crippen LogP contribution in [-0.4, -0.2) is 10.9 Å². The summed E-state index contributed by atoms with van der Waals surface area (Å²) < 4.78 is 0. The molecule has 2 aromatic rings. The second-order valence-electron chi connectivity index (χ2n) is 4.37. The van der Waals surface area contributed by atoms with Gasteiger partial charge in [0.25, 0.3) is 0 Å². The van der Waals surface area contributed by atoms with E-state index in [0.717, 1.165) is 12.0 Å². The van der Waals surface area contributed by atoms with E-state index in [2.05, 4.69) is 6.58 Å². The molecule has 0 bridgehead atoms. The summed E-state index contributed by atoms with van der Waals surface area (Å²) in [5.74, 6) is -0.280. The molecular formula is C17H16O2. The van der Waals surface area contributed by atoms with Crippen molar-refractivity contribution in [3.8, 4) is 0 Å². The molecule has 0 aromatic heterocycles. The quantitative estimate of drug-likeness (QED) is 0.654. The molecule has 2 aromatic carbocycles. The van der Waals surface area contributed by atoms with Crippen LogP contribution in [0.3, 0.4) is 0 Å². The standard InChI is InChI=1S/C17H16O2/c1-2-6-13-9-11-15(12-10-13)17(19)16(18)14-7-4-3-5-8-14/h2-5,7-12,17,19H,1,6H2. The molecule has 1 unspecified atom stereocenters. The van der Waals surface area contributed by atoms with Gasteiger partial charge in [0.2, 0.25) is 0 Å². The minimum Gasteiger partial charge on any atom is -0.380 e. The third-order valence-electron chi connectivity index (χ3n) is 2.98. The average Bonchev–Trinajstić information content (AvgIpc) is 2.48. The predicted molar refractivity (Wildman–Crippen MR) is 76.1 cm³/mol. The number of carbonyl (C=O) groups is 1. The zero-order chi connectivity index (χ0) is 13.7. The molecule has 96 valence electrons. The topological polar surface area (TPSA) is 37.3 Å². The number of ketones is 1. The van der Waals surface area contributed by atoms with E-state index >= 15 is 0 Å². The molecule has 2 nitrogen and oxygen atoms in total. The average molecular weight is 252 g/mol. The third kappa shape index (κ3) is 3.18. The molecule has 2 rings (SSSR count). The normalized spacial score (nSPS) is 11.8. The first-order valence-corrected chi connectivity index (χ1v) is 6.19. The van der Waals surface area contributed by atoms with Gasteiger partial charge in [0, 0.05) is 5.56 Å². The summed E-state index contributed by atoms with van der Waals surface area (Å²) in [6.45, 7) is 3.68. The predicted octanol–water partition coefficient (Wildman–Crippen LogP) is 3.33. The van der Waals surface area contributed by atoms with E-state index in [1.165, 1.54) is 0 Å². The van der Waals surface area contributed by atoms with Crippen LogP contribution >= 0.6 is 0 Å². The van der Waals surface area contributed by atoms with Crippen LogP contribution in [0.15, 0.2) is 67.3 Å². The largest absolute Gasteiger partial charge is 0.380 e. The van der Waals surface area contributed by atoms with Gasteiger partial charge < -0.3 is 5.11 Å². The number of hydrogen-bond donors (Lipinski definition) is 1. The second-order valence-corrected chi connectivity index (χ2v) is 4.37. The molecule has 0 aliphatic heterocycles. The molecular weight excluding hydrogens is 236 g/mol. The Morgan fingerprint density at radius 3 is 2.32 bits per heavy atom. The minimum absolute atomic E-state index is 0.280. The first-order chi connectivity index (χ1) is 9.22. The Balaban J connectivity index is 2.17. The third-order valence-corrected chi connectivity index (χ3v) is 2.98. The smallest absolute Gasteiger partial charge is 0.195 e. The van der Waals surface area contributed by atoms with Crippen LogP contribution in [0.2, 0.25) is 0 Å². The van der Waals surface area contributed by atoms with Crippen molar-refractivity contribution in [3.05, 3.63) is 83.9 Å². The van der Waals surface area contributed by atoms with E-state index in [1.807, 2.05) is 24.3 Å². The number of rotatable bonds is 5. The van der Waals surface area contributed by atoms with Gasteiger partial charge in [0.1, 0.15) is 6.10 Å². The fraction of sp³-hybridized carbons (Fsp3) is 0.118. The van der Waals surface area contributed by atoms with Gasteiger partial charge >= 0.3 is 0 Å². The van der Waals surface area contributed by atoms with Gasteiger partial charge in [-0.2, -0.15) is 0 Å². The number of hydrogen-bond acceptors (Lipinski definition) is 2. The lowest BCUT2D eigenvalue weighted by molar-refractivity contribution is 0.0747. The summed E-state index contributed by atoms with van der Waals surface area (Å²) >= 11 is 0. The highest BCUT2D eigenvalue weighted by Crippen LogP contribution is 2.19. The first-order valence-electron chi connectivity index (χ1n) is 6.19. The molecule has 0 radical (unpaired) electrons. The van der Waals surface area contributed by atoms with Crippen LogP contribution in [0.5, 0.6) is 0 Å². The molecule has 2 heteroatoms. The zero-order valence-electron chi connectivity index (χ0n) is 10.6. The molecule has 0 spiro atoms. The lowest BCUT2D eigenvalue weighted by Gasteiger charge is -2.10. The minimum atomic E-state index is -1.11. The molecule has 0 aliphatic carbocycles. The summed E-state index contributed by atoms with van der Waals surface area (Å²) in [5.41, 5.74) is 2.24. The second kappa shape index (κ2) is 6.12. The van der Waals surface area contributed by atoms with E-state index in [0.29, 0.717) is 11.1 Å². The molecule has 1 N–H and O–H groups in total. The number of aliphatic hydroxyl groups excluding tert-OH is 1. The Labute approximate surface area is 113 Å². The van der Waals surface area contributed by atoms with Crippen LogP contribution in [0.25, 0.3) is 0 Å². The van der Waals surface area contributed by atoms with Crippen LogP contribution in [0, 0.1) is 0 Å². The Kier molecular flexibility index (Phi) is 4.26. The molecule has 1 atom stereocenters. The first kappa shape index (κ1) is 13.2. The lowest BCUT2D eigenvalue weighted by atomic mass is 9.98. The molecule has 0 heterocycles. The van der Waals surface area contributed by atoms with E-state index in [4.69, 9.17) is 0 Å². The summed E-state index contributed by atoms with van der Waals surface area (Å²) in [5, 5.41) is 10.1. The van der Waals surface area contributed by atoms with E-state index < -0.39 is 6.10 Å². The van der Waals surface area contributed by atoms with E-state index in [-0.39, 0.29) is 5.78 Å². The van der Waals surface area contributed by atoms with Crippen molar-refractivity contribution in [2.45, 2.75) is 12.5 Å². The highest BCUT2D eigenvalue weighted by molar-refractivity contribution is 5.99. The zero-order valence-corrected chi connectivity index (χ0v) is 10.6. The van der Waals surface area contributed by atoms with E-state index in [9.17, 15) is 9.90 Å². The van der Waals surface area contributed by atoms with E-state index in [1.54, 1.807) is 36.4 Å². The number of allylic oxidation sites excluding steroid dienone is 1. The molecule has 0 saturated heterocycles. The Hall–Kier alpha value is -2.19. The molecule has 19 heavy (non-hydrogen) atoms. The fourth-order valence-electron chi connectivity index (χ4n) is 1.91. The summed E-state index contributed by atoms with van der Waals surface area (Å²) in [6, 6.07) is 16.2. The number of carbonyl (C=O) groups excluding carboxylic acids is 1. The Bertz CT molecular complexity index is 556. The fourth-order valence-corrected chi connectivity index (χ4v) is 1.91. The number of Topliss-reactive ketones (excluding diaryl/α,β-unsaturated/α-hetero) is 1. The van der Waals surface area contributed by atoms with Gasteiger partial charge in [0.15, 0.2) is 5.78 Å². The SMILES string of the molecule is C=CCc1ccc(C(O)C(=O)c2ccccc2)cc1. The number of aliphatic hydroxyl groups is 1. The maximum atomic E-state index is 12.1. The molecule has 0 fully saturated rings. The van der Waals surface area contributed by atoms with Gasteiger partial charge in [-0.15, -0.1) is 6.58 Å². The summed E-state index contributed by atoms with van der Waals surface area (Å²) in [6.07, 6.45) is 1.49. The van der Waals surface area contributed by atoms with Crippen molar-refractivity contribution in [1.82, 2.24) is 0 Å². The molecule has 0 saturated carbocycles. The monoisotopic (exact) mass is 252 g/mol. The van der Waals surface area contributed by atoms with Crippen molar-refractivity contribution in [2.75, 3.05) is 0 Å². The van der Waals surface area contributed by atoms with Crippen molar-refractivity contribution >= 4 is 5.78 Å². The van der Waals surface area contributed by atoms with Gasteiger partial charge in [-0.25, -0.2) is 0 Å². The highest BCUT2D eigenvalue weighted by Gasteiger charge is 2.18. The van der Waals surface area contributed by atoms with Crippen LogP contribution in [-0.2, 0) is 6.42 Å². The molecule has 0 aliphatic rings. The van der Waals surface area contributed by atoms with Gasteiger partial charge in [-0.1, -0.05) is 60.7 Å². The van der Waals surface area contributed by atoms with Crippen LogP contribution in [0.4, 0.5) is 0 Å². The van der Waals surface area contributed by atoms with Crippen LogP contribution < -0.4 is 0 Å². The van der Waals surface area contributed by atoms with Crippen molar-refractivity contribution in [1.29, 1.82) is 0 Å².